The zero-order valence-electron chi connectivity index (χ0n) is 15.8. The van der Waals surface area contributed by atoms with Crippen LogP contribution in [0.4, 0.5) is 0 Å². The minimum absolute atomic E-state index is 0.0822. The molecule has 2 aromatic heterocycles. The van der Waals surface area contributed by atoms with Gasteiger partial charge in [0.15, 0.2) is 5.16 Å². The topological polar surface area (TPSA) is 103 Å². The van der Waals surface area contributed by atoms with Crippen LogP contribution < -0.4 is 0 Å². The molecule has 2 aromatic carbocycles. The molecule has 4 aromatic rings. The number of hydrogen-bond acceptors (Lipinski definition) is 8. The van der Waals surface area contributed by atoms with Crippen molar-refractivity contribution < 1.29 is 23.6 Å². The fourth-order valence-electron chi connectivity index (χ4n) is 3.28. The third-order valence-electron chi connectivity index (χ3n) is 4.70. The molecule has 0 spiro atoms. The lowest BCUT2D eigenvalue weighted by Gasteiger charge is -2.12. The maximum Gasteiger partial charge on any atom is 0.399 e. The standard InChI is InChI=1S/C22H13N3O5S/c26-19-14-7-1-2-8-15(14)20(27)25(19)30-21(28)18-16(12-31-22-23-10-5-11-24-22)13-6-3-4-9-17(13)29-18/h1-11H,12H2. The number of amides is 2. The Morgan fingerprint density at radius 1 is 0.935 bits per heavy atom. The Morgan fingerprint density at radius 3 is 2.29 bits per heavy atom. The second-order valence-corrected chi connectivity index (χ2v) is 7.50. The van der Waals surface area contributed by atoms with Crippen molar-refractivity contribution in [2.45, 2.75) is 10.9 Å². The molecule has 152 valence electrons. The van der Waals surface area contributed by atoms with Crippen LogP contribution in [0.5, 0.6) is 0 Å². The summed E-state index contributed by atoms with van der Waals surface area (Å²) in [5.74, 6) is -2.08. The van der Waals surface area contributed by atoms with E-state index >= 15 is 0 Å². The van der Waals surface area contributed by atoms with E-state index in [1.165, 1.54) is 23.9 Å². The molecule has 31 heavy (non-hydrogen) atoms. The Labute approximate surface area is 179 Å². The van der Waals surface area contributed by atoms with E-state index in [0.29, 0.717) is 27.1 Å². The van der Waals surface area contributed by atoms with Crippen molar-refractivity contribution in [1.82, 2.24) is 15.0 Å². The van der Waals surface area contributed by atoms with Gasteiger partial charge in [0.1, 0.15) is 5.58 Å². The fraction of sp³-hybridized carbons (Fsp3) is 0.0455. The molecule has 5 rings (SSSR count). The number of nitrogens with zero attached hydrogens (tertiary/aromatic N) is 3. The van der Waals surface area contributed by atoms with Crippen molar-refractivity contribution in [3.05, 3.63) is 89.4 Å². The highest BCUT2D eigenvalue weighted by Gasteiger charge is 2.39. The van der Waals surface area contributed by atoms with Gasteiger partial charge in [-0.25, -0.2) is 14.8 Å². The molecular formula is C22H13N3O5S. The van der Waals surface area contributed by atoms with Crippen LogP contribution in [0.3, 0.4) is 0 Å². The molecule has 2 amide bonds. The first kappa shape index (κ1) is 19.0. The molecule has 0 atom stereocenters. The lowest BCUT2D eigenvalue weighted by molar-refractivity contribution is -0.0602. The summed E-state index contributed by atoms with van der Waals surface area (Å²) >= 11 is 1.32. The number of imide groups is 1. The number of carbonyl (C=O) groups excluding carboxylic acids is 3. The van der Waals surface area contributed by atoms with Crippen molar-refractivity contribution in [2.75, 3.05) is 0 Å². The minimum atomic E-state index is -0.935. The minimum Gasteiger partial charge on any atom is -0.449 e. The number of hydrogen-bond donors (Lipinski definition) is 0. The first-order valence-corrected chi connectivity index (χ1v) is 10.2. The van der Waals surface area contributed by atoms with Crippen LogP contribution >= 0.6 is 11.8 Å². The van der Waals surface area contributed by atoms with Gasteiger partial charge in [0.25, 0.3) is 11.8 Å². The lowest BCUT2D eigenvalue weighted by Crippen LogP contribution is -2.32. The molecule has 0 saturated carbocycles. The van der Waals surface area contributed by atoms with Gasteiger partial charge in [-0.1, -0.05) is 47.2 Å². The number of hydroxylamine groups is 2. The van der Waals surface area contributed by atoms with Gasteiger partial charge in [-0.15, -0.1) is 0 Å². The molecule has 3 heterocycles. The predicted octanol–water partition coefficient (Wildman–Crippen LogP) is 3.88. The zero-order valence-corrected chi connectivity index (χ0v) is 16.7. The SMILES string of the molecule is O=C(ON1C(=O)c2ccccc2C1=O)c1oc2ccccc2c1CSc1ncccn1. The van der Waals surface area contributed by atoms with Crippen LogP contribution in [0.15, 0.2) is 76.6 Å². The van der Waals surface area contributed by atoms with Gasteiger partial charge in [-0.3, -0.25) is 9.59 Å². The van der Waals surface area contributed by atoms with Crippen molar-refractivity contribution in [2.24, 2.45) is 0 Å². The van der Waals surface area contributed by atoms with E-state index in [2.05, 4.69) is 9.97 Å². The quantitative estimate of drug-likeness (QED) is 0.266. The van der Waals surface area contributed by atoms with Crippen LogP contribution in [0.2, 0.25) is 0 Å². The Hall–Kier alpha value is -3.98. The third kappa shape index (κ3) is 3.34. The molecule has 0 radical (unpaired) electrons. The maximum absolute atomic E-state index is 12.9. The summed E-state index contributed by atoms with van der Waals surface area (Å²) in [6.07, 6.45) is 3.25. The molecule has 8 nitrogen and oxygen atoms in total. The fourth-order valence-corrected chi connectivity index (χ4v) is 4.11. The number of para-hydroxylation sites is 1. The molecule has 9 heteroatoms. The average Bonchev–Trinajstić information content (AvgIpc) is 3.30. The number of carbonyl (C=O) groups is 3. The average molecular weight is 431 g/mol. The number of benzene rings is 2. The van der Waals surface area contributed by atoms with Gasteiger partial charge in [-0.2, -0.15) is 0 Å². The Bertz CT molecular complexity index is 1300. The van der Waals surface area contributed by atoms with E-state index < -0.39 is 17.8 Å². The molecule has 0 bridgehead atoms. The Morgan fingerprint density at radius 2 is 1.58 bits per heavy atom. The summed E-state index contributed by atoms with van der Waals surface area (Å²) in [4.78, 5) is 51.5. The molecule has 0 aliphatic carbocycles. The van der Waals surface area contributed by atoms with Crippen molar-refractivity contribution in [3.63, 3.8) is 0 Å². The van der Waals surface area contributed by atoms with E-state index in [9.17, 15) is 14.4 Å². The highest BCUT2D eigenvalue weighted by molar-refractivity contribution is 7.98. The van der Waals surface area contributed by atoms with Crippen LogP contribution in [0.1, 0.15) is 36.8 Å². The van der Waals surface area contributed by atoms with E-state index in [4.69, 9.17) is 9.25 Å². The number of aromatic nitrogens is 2. The largest absolute Gasteiger partial charge is 0.449 e. The number of thioether (sulfide) groups is 1. The van der Waals surface area contributed by atoms with Gasteiger partial charge in [0, 0.05) is 29.1 Å². The molecule has 0 saturated heterocycles. The Kier molecular flexibility index (Phi) is 4.72. The van der Waals surface area contributed by atoms with Gasteiger partial charge in [-0.05, 0) is 24.3 Å². The highest BCUT2D eigenvalue weighted by atomic mass is 32.2. The van der Waals surface area contributed by atoms with Crippen molar-refractivity contribution in [3.8, 4) is 0 Å². The first-order chi connectivity index (χ1) is 15.1. The molecular weight excluding hydrogens is 418 g/mol. The molecule has 1 aliphatic rings. The van der Waals surface area contributed by atoms with E-state index in [1.54, 1.807) is 42.7 Å². The summed E-state index contributed by atoms with van der Waals surface area (Å²) in [6, 6.07) is 15.1. The molecule has 0 fully saturated rings. The summed E-state index contributed by atoms with van der Waals surface area (Å²) in [6.45, 7) is 0. The Balaban J connectivity index is 1.45. The van der Waals surface area contributed by atoms with E-state index in [1.807, 2.05) is 12.1 Å². The lowest BCUT2D eigenvalue weighted by atomic mass is 10.1. The van der Waals surface area contributed by atoms with Crippen molar-refractivity contribution in [1.29, 1.82) is 0 Å². The van der Waals surface area contributed by atoms with E-state index in [0.717, 1.165) is 5.39 Å². The second-order valence-electron chi connectivity index (χ2n) is 6.55. The molecule has 0 N–H and O–H groups in total. The number of fused-ring (bicyclic) bond motifs is 2. The van der Waals surface area contributed by atoms with Crippen molar-refractivity contribution >= 4 is 40.5 Å². The van der Waals surface area contributed by atoms with Gasteiger partial charge >= 0.3 is 5.97 Å². The smallest absolute Gasteiger partial charge is 0.399 e. The second kappa shape index (κ2) is 7.69. The van der Waals surface area contributed by atoms with Crippen LogP contribution in [-0.4, -0.2) is 32.8 Å². The summed E-state index contributed by atoms with van der Waals surface area (Å²) < 4.78 is 5.73. The number of furan rings is 1. The van der Waals surface area contributed by atoms with Gasteiger partial charge < -0.3 is 9.25 Å². The summed E-state index contributed by atoms with van der Waals surface area (Å²) in [5, 5.41) is 1.73. The summed E-state index contributed by atoms with van der Waals surface area (Å²) in [5.41, 5.74) is 1.42. The summed E-state index contributed by atoms with van der Waals surface area (Å²) in [7, 11) is 0. The molecule has 0 unspecified atom stereocenters. The van der Waals surface area contributed by atoms with Crippen LogP contribution in [-0.2, 0) is 10.6 Å². The van der Waals surface area contributed by atoms with E-state index in [-0.39, 0.29) is 16.9 Å². The molecule has 1 aliphatic heterocycles. The van der Waals surface area contributed by atoms with Crippen LogP contribution in [0, 0.1) is 0 Å². The highest BCUT2D eigenvalue weighted by Crippen LogP contribution is 2.32. The predicted molar refractivity (Wildman–Crippen MR) is 110 cm³/mol. The normalized spacial score (nSPS) is 13.0. The third-order valence-corrected chi connectivity index (χ3v) is 5.60. The first-order valence-electron chi connectivity index (χ1n) is 9.24. The van der Waals surface area contributed by atoms with Gasteiger partial charge in [0.05, 0.1) is 11.1 Å². The maximum atomic E-state index is 12.9. The van der Waals surface area contributed by atoms with Gasteiger partial charge in [0.2, 0.25) is 5.76 Å². The zero-order chi connectivity index (χ0) is 21.4. The number of rotatable bonds is 5. The monoisotopic (exact) mass is 431 g/mol. The van der Waals surface area contributed by atoms with Crippen LogP contribution in [0.25, 0.3) is 11.0 Å².